The molecular formula is C11H10ClFN2O5. The van der Waals surface area contributed by atoms with Crippen molar-refractivity contribution in [1.29, 1.82) is 0 Å². The van der Waals surface area contributed by atoms with Crippen molar-refractivity contribution in [1.82, 2.24) is 5.32 Å². The molecule has 2 N–H and O–H groups in total. The molecule has 1 amide bonds. The minimum atomic E-state index is -1.25. The van der Waals surface area contributed by atoms with E-state index in [9.17, 15) is 24.1 Å². The second-order valence-electron chi connectivity index (χ2n) is 3.96. The molecule has 0 spiro atoms. The fraction of sp³-hybridized carbons (Fsp3) is 0.273. The van der Waals surface area contributed by atoms with Gasteiger partial charge in [-0.3, -0.25) is 19.7 Å². The quantitative estimate of drug-likeness (QED) is 0.633. The third kappa shape index (κ3) is 3.89. The first-order valence-electron chi connectivity index (χ1n) is 5.37. The fourth-order valence-electron chi connectivity index (χ4n) is 1.42. The van der Waals surface area contributed by atoms with E-state index < -0.39 is 45.8 Å². The molecule has 0 saturated heterocycles. The molecule has 0 aliphatic rings. The lowest BCUT2D eigenvalue weighted by atomic mass is 10.1. The minimum absolute atomic E-state index is 0.188. The van der Waals surface area contributed by atoms with Crippen molar-refractivity contribution in [2.45, 2.75) is 19.4 Å². The van der Waals surface area contributed by atoms with Crippen LogP contribution in [-0.4, -0.2) is 27.9 Å². The van der Waals surface area contributed by atoms with Gasteiger partial charge in [-0.05, 0) is 13.0 Å². The van der Waals surface area contributed by atoms with E-state index in [4.69, 9.17) is 16.7 Å². The zero-order chi connectivity index (χ0) is 15.4. The first-order valence-corrected chi connectivity index (χ1v) is 5.74. The molecule has 1 unspecified atom stereocenters. The molecule has 108 valence electrons. The van der Waals surface area contributed by atoms with Crippen molar-refractivity contribution in [2.75, 3.05) is 0 Å². The van der Waals surface area contributed by atoms with Crippen LogP contribution in [0.2, 0.25) is 5.02 Å². The van der Waals surface area contributed by atoms with E-state index in [0.29, 0.717) is 0 Å². The van der Waals surface area contributed by atoms with Crippen molar-refractivity contribution in [3.8, 4) is 0 Å². The Kier molecular flexibility index (Phi) is 4.98. The zero-order valence-corrected chi connectivity index (χ0v) is 11.0. The summed E-state index contributed by atoms with van der Waals surface area (Å²) in [7, 11) is 0. The third-order valence-electron chi connectivity index (χ3n) is 2.42. The molecular weight excluding hydrogens is 295 g/mol. The highest BCUT2D eigenvalue weighted by Gasteiger charge is 2.21. The van der Waals surface area contributed by atoms with Gasteiger partial charge in [0.05, 0.1) is 16.4 Å². The average molecular weight is 305 g/mol. The van der Waals surface area contributed by atoms with Gasteiger partial charge in [-0.25, -0.2) is 4.39 Å². The number of halogens is 2. The SMILES string of the molecule is CC(NC(=O)Cc1cc(F)c(Cl)cc1[N+](=O)[O-])C(=O)O. The van der Waals surface area contributed by atoms with E-state index in [2.05, 4.69) is 5.32 Å². The van der Waals surface area contributed by atoms with E-state index in [1.54, 1.807) is 0 Å². The highest BCUT2D eigenvalue weighted by molar-refractivity contribution is 6.31. The number of rotatable bonds is 5. The van der Waals surface area contributed by atoms with Crippen LogP contribution in [0.5, 0.6) is 0 Å². The molecule has 0 saturated carbocycles. The summed E-state index contributed by atoms with van der Waals surface area (Å²) in [4.78, 5) is 32.1. The molecule has 0 aliphatic heterocycles. The maximum absolute atomic E-state index is 13.3. The fourth-order valence-corrected chi connectivity index (χ4v) is 1.57. The van der Waals surface area contributed by atoms with Gasteiger partial charge in [-0.15, -0.1) is 0 Å². The van der Waals surface area contributed by atoms with Gasteiger partial charge >= 0.3 is 5.97 Å². The second-order valence-corrected chi connectivity index (χ2v) is 4.36. The van der Waals surface area contributed by atoms with Crippen LogP contribution in [0, 0.1) is 15.9 Å². The van der Waals surface area contributed by atoms with Crippen LogP contribution >= 0.6 is 11.6 Å². The van der Waals surface area contributed by atoms with Crippen LogP contribution in [0.1, 0.15) is 12.5 Å². The predicted octanol–water partition coefficient (Wildman–Crippen LogP) is 1.52. The molecule has 1 rings (SSSR count). The second kappa shape index (κ2) is 6.29. The summed E-state index contributed by atoms with van der Waals surface area (Å²) in [6.45, 7) is 1.23. The molecule has 1 aromatic carbocycles. The summed E-state index contributed by atoms with van der Waals surface area (Å²) < 4.78 is 13.3. The molecule has 20 heavy (non-hydrogen) atoms. The van der Waals surface area contributed by atoms with Crippen LogP contribution < -0.4 is 5.32 Å². The molecule has 1 atom stereocenters. The molecule has 0 bridgehead atoms. The number of aliphatic carboxylic acids is 1. The topological polar surface area (TPSA) is 110 Å². The van der Waals surface area contributed by atoms with E-state index >= 15 is 0 Å². The summed E-state index contributed by atoms with van der Waals surface area (Å²) in [5.41, 5.74) is -0.693. The monoisotopic (exact) mass is 304 g/mol. The summed E-state index contributed by atoms with van der Waals surface area (Å²) in [6.07, 6.45) is -0.526. The first kappa shape index (κ1) is 15.8. The van der Waals surface area contributed by atoms with E-state index in [1.807, 2.05) is 0 Å². The van der Waals surface area contributed by atoms with Gasteiger partial charge in [0.2, 0.25) is 5.91 Å². The van der Waals surface area contributed by atoms with Gasteiger partial charge in [-0.1, -0.05) is 11.6 Å². The number of benzene rings is 1. The lowest BCUT2D eigenvalue weighted by molar-refractivity contribution is -0.385. The number of carbonyl (C=O) groups is 2. The van der Waals surface area contributed by atoms with Gasteiger partial charge in [0.1, 0.15) is 11.9 Å². The number of nitrogens with zero attached hydrogens (tertiary/aromatic N) is 1. The Labute approximate surface area is 117 Å². The molecule has 0 radical (unpaired) electrons. The lowest BCUT2D eigenvalue weighted by Gasteiger charge is -2.09. The van der Waals surface area contributed by atoms with Crippen LogP contribution in [-0.2, 0) is 16.0 Å². The number of nitro benzene ring substituents is 1. The molecule has 0 fully saturated rings. The average Bonchev–Trinajstić information content (AvgIpc) is 2.32. The van der Waals surface area contributed by atoms with Crippen LogP contribution in [0.4, 0.5) is 10.1 Å². The molecule has 9 heteroatoms. The number of carboxylic acids is 1. The van der Waals surface area contributed by atoms with Crippen LogP contribution in [0.3, 0.4) is 0 Å². The van der Waals surface area contributed by atoms with Crippen molar-refractivity contribution < 1.29 is 24.0 Å². The third-order valence-corrected chi connectivity index (χ3v) is 2.71. The Morgan fingerprint density at radius 2 is 2.15 bits per heavy atom. The summed E-state index contributed by atoms with van der Waals surface area (Å²) in [5.74, 6) is -2.92. The maximum Gasteiger partial charge on any atom is 0.325 e. The number of carboxylic acid groups (broad SMARTS) is 1. The van der Waals surface area contributed by atoms with Gasteiger partial charge in [-0.2, -0.15) is 0 Å². The standard InChI is InChI=1S/C11H10ClFN2O5/c1-5(11(17)18)14-10(16)3-6-2-8(13)7(12)4-9(6)15(19)20/h2,4-5H,3H2,1H3,(H,14,16)(H,17,18). The Bertz CT molecular complexity index is 578. The Morgan fingerprint density at radius 1 is 1.55 bits per heavy atom. The van der Waals surface area contributed by atoms with Crippen LogP contribution in [0.15, 0.2) is 12.1 Å². The molecule has 0 heterocycles. The summed E-state index contributed by atoms with van der Waals surface area (Å²) >= 11 is 5.43. The maximum atomic E-state index is 13.3. The van der Waals surface area contributed by atoms with E-state index in [1.165, 1.54) is 6.92 Å². The number of nitrogens with one attached hydrogen (secondary N) is 1. The number of carbonyl (C=O) groups excluding carboxylic acids is 1. The highest BCUT2D eigenvalue weighted by atomic mass is 35.5. The first-order chi connectivity index (χ1) is 9.22. The van der Waals surface area contributed by atoms with Gasteiger partial charge in [0.25, 0.3) is 5.69 Å². The van der Waals surface area contributed by atoms with Crippen molar-refractivity contribution >= 4 is 29.2 Å². The Balaban J connectivity index is 2.97. The largest absolute Gasteiger partial charge is 0.480 e. The molecule has 0 aromatic heterocycles. The Morgan fingerprint density at radius 3 is 2.65 bits per heavy atom. The summed E-state index contributed by atoms with van der Waals surface area (Å²) in [5, 5.41) is 21.1. The molecule has 1 aromatic rings. The summed E-state index contributed by atoms with van der Waals surface area (Å²) in [6, 6.07) is 0.435. The Hall–Kier alpha value is -2.22. The van der Waals surface area contributed by atoms with Crippen molar-refractivity contribution in [3.63, 3.8) is 0 Å². The smallest absolute Gasteiger partial charge is 0.325 e. The minimum Gasteiger partial charge on any atom is -0.480 e. The highest BCUT2D eigenvalue weighted by Crippen LogP contribution is 2.26. The number of hydrogen-bond donors (Lipinski definition) is 2. The van der Waals surface area contributed by atoms with E-state index in [-0.39, 0.29) is 5.56 Å². The number of nitro groups is 1. The van der Waals surface area contributed by atoms with Crippen molar-refractivity contribution in [3.05, 3.63) is 38.7 Å². The molecule has 7 nitrogen and oxygen atoms in total. The van der Waals surface area contributed by atoms with Gasteiger partial charge < -0.3 is 10.4 Å². The number of amides is 1. The normalized spacial score (nSPS) is 11.8. The lowest BCUT2D eigenvalue weighted by Crippen LogP contribution is -2.39. The van der Waals surface area contributed by atoms with Gasteiger partial charge in [0.15, 0.2) is 0 Å². The number of hydrogen-bond acceptors (Lipinski definition) is 4. The van der Waals surface area contributed by atoms with Crippen LogP contribution in [0.25, 0.3) is 0 Å². The predicted molar refractivity (Wildman–Crippen MR) is 67.0 cm³/mol. The van der Waals surface area contributed by atoms with Crippen molar-refractivity contribution in [2.24, 2.45) is 0 Å². The van der Waals surface area contributed by atoms with Gasteiger partial charge in [0, 0.05) is 11.6 Å². The zero-order valence-electron chi connectivity index (χ0n) is 10.2. The molecule has 0 aliphatic carbocycles. The van der Waals surface area contributed by atoms with E-state index in [0.717, 1.165) is 12.1 Å².